The minimum atomic E-state index is -0.106. The molecule has 3 rings (SSSR count). The molecule has 2 heterocycles. The van der Waals surface area contributed by atoms with Crippen molar-refractivity contribution in [2.45, 2.75) is 9.65 Å². The van der Waals surface area contributed by atoms with Gasteiger partial charge in [-0.25, -0.2) is 0 Å². The second-order valence-corrected chi connectivity index (χ2v) is 7.60. The molecule has 0 amide bonds. The Kier molecular flexibility index (Phi) is 2.04. The average molecular weight is 328 g/mol. The zero-order chi connectivity index (χ0) is 10.5. The van der Waals surface area contributed by atoms with Gasteiger partial charge in [0.25, 0.3) is 0 Å². The van der Waals surface area contributed by atoms with Gasteiger partial charge in [-0.3, -0.25) is 4.98 Å². The molecule has 1 N–H and O–H groups in total. The van der Waals surface area contributed by atoms with E-state index in [2.05, 4.69) is 60.0 Å². The lowest BCUT2D eigenvalue weighted by Gasteiger charge is -2.19. The molecule has 0 aliphatic heterocycles. The van der Waals surface area contributed by atoms with E-state index in [0.29, 0.717) is 0 Å². The number of pyridine rings is 1. The monoisotopic (exact) mass is 326 g/mol. The number of H-pyrrole nitrogens is 1. The largest absolute Gasteiger partial charge is 0.354 e. The Labute approximate surface area is 104 Å². The van der Waals surface area contributed by atoms with Crippen molar-refractivity contribution in [2.75, 3.05) is 0 Å². The molecule has 2 aromatic rings. The summed E-state index contributed by atoms with van der Waals surface area (Å²) in [6.07, 6.45) is 8.84. The number of nitrogens with zero attached hydrogens (tertiary/aromatic N) is 1. The summed E-state index contributed by atoms with van der Waals surface area (Å²) in [7, 11) is 0. The molecule has 1 aliphatic rings. The number of allylic oxidation sites excluding steroid dienone is 1. The SMILES string of the molecule is BrC1(Br)C=Cc2[nH]c3cnccc3c2C1. The van der Waals surface area contributed by atoms with Crippen LogP contribution in [0, 0.1) is 0 Å². The van der Waals surface area contributed by atoms with Gasteiger partial charge in [-0.1, -0.05) is 37.9 Å². The Morgan fingerprint density at radius 3 is 3.13 bits per heavy atom. The second kappa shape index (κ2) is 3.19. The minimum absolute atomic E-state index is 0.106. The number of alkyl halides is 2. The third-order valence-electron chi connectivity index (χ3n) is 2.65. The number of halogens is 2. The highest BCUT2D eigenvalue weighted by Crippen LogP contribution is 2.39. The number of aromatic nitrogens is 2. The maximum Gasteiger partial charge on any atom is 0.103 e. The fraction of sp³-hybridized carbons (Fsp3) is 0.182. The zero-order valence-corrected chi connectivity index (χ0v) is 11.0. The maximum atomic E-state index is 4.11. The summed E-state index contributed by atoms with van der Waals surface area (Å²) in [5.74, 6) is 0. The Bertz CT molecular complexity index is 555. The summed E-state index contributed by atoms with van der Waals surface area (Å²) in [5.41, 5.74) is 3.63. The van der Waals surface area contributed by atoms with Crippen LogP contribution in [0.3, 0.4) is 0 Å². The normalized spacial score (nSPS) is 18.0. The van der Waals surface area contributed by atoms with E-state index in [-0.39, 0.29) is 3.23 Å². The molecule has 2 nitrogen and oxygen atoms in total. The lowest BCUT2D eigenvalue weighted by molar-refractivity contribution is 0.984. The number of nitrogens with one attached hydrogen (secondary N) is 1. The van der Waals surface area contributed by atoms with Crippen molar-refractivity contribution in [3.8, 4) is 0 Å². The van der Waals surface area contributed by atoms with Gasteiger partial charge in [0.2, 0.25) is 0 Å². The lowest BCUT2D eigenvalue weighted by atomic mass is 10.0. The molecule has 76 valence electrons. The standard InChI is InChI=1S/C11H8Br2N2/c12-11(13)3-1-9-8(5-11)7-2-4-14-6-10(7)15-9/h1-4,6,15H,5H2. The molecule has 2 aromatic heterocycles. The van der Waals surface area contributed by atoms with E-state index in [9.17, 15) is 0 Å². The van der Waals surface area contributed by atoms with Gasteiger partial charge >= 0.3 is 0 Å². The number of hydrogen-bond donors (Lipinski definition) is 1. The van der Waals surface area contributed by atoms with Crippen LogP contribution in [-0.4, -0.2) is 13.2 Å². The van der Waals surface area contributed by atoms with Gasteiger partial charge in [0.15, 0.2) is 0 Å². The Hall–Kier alpha value is -0.610. The molecule has 4 heteroatoms. The summed E-state index contributed by atoms with van der Waals surface area (Å²) in [6, 6.07) is 2.06. The van der Waals surface area contributed by atoms with Gasteiger partial charge in [0, 0.05) is 23.7 Å². The highest BCUT2D eigenvalue weighted by atomic mass is 79.9. The molecule has 1 aliphatic carbocycles. The predicted octanol–water partition coefficient (Wildman–Crippen LogP) is 3.62. The first-order valence-corrected chi connectivity index (χ1v) is 6.26. The fourth-order valence-corrected chi connectivity index (χ4v) is 2.78. The highest BCUT2D eigenvalue weighted by Gasteiger charge is 2.26. The molecule has 0 aromatic carbocycles. The quantitative estimate of drug-likeness (QED) is 0.736. The van der Waals surface area contributed by atoms with Gasteiger partial charge in [-0.05, 0) is 17.7 Å². The number of hydrogen-bond acceptors (Lipinski definition) is 1. The van der Waals surface area contributed by atoms with Gasteiger partial charge in [-0.2, -0.15) is 0 Å². The van der Waals surface area contributed by atoms with Crippen LogP contribution in [0.2, 0.25) is 0 Å². The molecule has 0 spiro atoms. The van der Waals surface area contributed by atoms with E-state index >= 15 is 0 Å². The van der Waals surface area contributed by atoms with E-state index in [4.69, 9.17) is 0 Å². The Morgan fingerprint density at radius 1 is 1.40 bits per heavy atom. The third-order valence-corrected chi connectivity index (χ3v) is 3.74. The van der Waals surface area contributed by atoms with Crippen LogP contribution >= 0.6 is 31.9 Å². The van der Waals surface area contributed by atoms with Crippen LogP contribution in [0.15, 0.2) is 24.5 Å². The van der Waals surface area contributed by atoms with Crippen LogP contribution in [-0.2, 0) is 6.42 Å². The average Bonchev–Trinajstić information content (AvgIpc) is 2.55. The summed E-state index contributed by atoms with van der Waals surface area (Å²) in [4.78, 5) is 7.48. The van der Waals surface area contributed by atoms with Crippen molar-refractivity contribution in [1.29, 1.82) is 0 Å². The molecule has 0 bridgehead atoms. The third kappa shape index (κ3) is 1.56. The van der Waals surface area contributed by atoms with Crippen molar-refractivity contribution in [1.82, 2.24) is 9.97 Å². The van der Waals surface area contributed by atoms with Gasteiger partial charge in [0.1, 0.15) is 3.23 Å². The highest BCUT2D eigenvalue weighted by molar-refractivity contribution is 9.25. The number of rotatable bonds is 0. The Morgan fingerprint density at radius 2 is 2.27 bits per heavy atom. The minimum Gasteiger partial charge on any atom is -0.354 e. The topological polar surface area (TPSA) is 28.7 Å². The van der Waals surface area contributed by atoms with E-state index < -0.39 is 0 Å². The first-order chi connectivity index (χ1) is 7.16. The summed E-state index contributed by atoms with van der Waals surface area (Å²) in [5, 5.41) is 1.26. The van der Waals surface area contributed by atoms with Crippen LogP contribution in [0.25, 0.3) is 17.0 Å². The molecule has 0 unspecified atom stereocenters. The molecule has 0 saturated carbocycles. The molecular weight excluding hydrogens is 320 g/mol. The maximum absolute atomic E-state index is 4.11. The van der Waals surface area contributed by atoms with Crippen LogP contribution in [0.4, 0.5) is 0 Å². The molecule has 0 fully saturated rings. The van der Waals surface area contributed by atoms with E-state index in [1.807, 2.05) is 12.4 Å². The van der Waals surface area contributed by atoms with Crippen molar-refractivity contribution < 1.29 is 0 Å². The molecular formula is C11H8Br2N2. The van der Waals surface area contributed by atoms with Crippen molar-refractivity contribution >= 4 is 48.8 Å². The van der Waals surface area contributed by atoms with Gasteiger partial charge < -0.3 is 4.98 Å². The molecule has 0 saturated heterocycles. The van der Waals surface area contributed by atoms with Crippen molar-refractivity contribution in [2.24, 2.45) is 0 Å². The zero-order valence-electron chi connectivity index (χ0n) is 7.80. The molecule has 15 heavy (non-hydrogen) atoms. The van der Waals surface area contributed by atoms with Gasteiger partial charge in [0.05, 0.1) is 11.7 Å². The Balaban J connectivity index is 2.29. The van der Waals surface area contributed by atoms with E-state index in [1.54, 1.807) is 0 Å². The van der Waals surface area contributed by atoms with Crippen molar-refractivity contribution in [3.63, 3.8) is 0 Å². The van der Waals surface area contributed by atoms with Gasteiger partial charge in [-0.15, -0.1) is 0 Å². The van der Waals surface area contributed by atoms with E-state index in [1.165, 1.54) is 16.6 Å². The fourth-order valence-electron chi connectivity index (χ4n) is 1.96. The number of fused-ring (bicyclic) bond motifs is 3. The molecule has 0 radical (unpaired) electrons. The smallest absolute Gasteiger partial charge is 0.103 e. The van der Waals surface area contributed by atoms with E-state index in [0.717, 1.165) is 11.9 Å². The number of aromatic amines is 1. The first kappa shape index (κ1) is 9.60. The summed E-state index contributed by atoms with van der Waals surface area (Å²) >= 11 is 7.27. The first-order valence-electron chi connectivity index (χ1n) is 4.67. The van der Waals surface area contributed by atoms with Crippen LogP contribution in [0.5, 0.6) is 0 Å². The predicted molar refractivity (Wildman–Crippen MR) is 69.4 cm³/mol. The van der Waals surface area contributed by atoms with Crippen LogP contribution in [0.1, 0.15) is 11.3 Å². The van der Waals surface area contributed by atoms with Crippen LogP contribution < -0.4 is 0 Å². The van der Waals surface area contributed by atoms with Crippen molar-refractivity contribution in [3.05, 3.63) is 35.8 Å². The summed E-state index contributed by atoms with van der Waals surface area (Å²) < 4.78 is -0.106. The lowest BCUT2D eigenvalue weighted by Crippen LogP contribution is -2.14. The second-order valence-electron chi connectivity index (χ2n) is 3.71. The molecule has 0 atom stereocenters. The summed E-state index contributed by atoms with van der Waals surface area (Å²) in [6.45, 7) is 0.